The Bertz CT molecular complexity index is 1040. The standard InChI is InChI=1S/C24H30N4O2S/c1-4-5-6-9-15-28-21-14-8-7-13-20(21)26-24(28)31-17-22(29)25-19-12-10-11-18(16-19)23(30)27(2)3/h7-8,10-14,16H,4-6,9,15,17H2,1-3H3,(H,25,29). The third-order valence-corrected chi connectivity index (χ3v) is 5.96. The van der Waals surface area contributed by atoms with Gasteiger partial charge in [-0.15, -0.1) is 0 Å². The number of imidazole rings is 1. The van der Waals surface area contributed by atoms with Gasteiger partial charge in [0, 0.05) is 31.9 Å². The van der Waals surface area contributed by atoms with Crippen molar-refractivity contribution in [2.24, 2.45) is 0 Å². The van der Waals surface area contributed by atoms with Crippen LogP contribution in [0.2, 0.25) is 0 Å². The van der Waals surface area contributed by atoms with Crippen LogP contribution in [-0.2, 0) is 11.3 Å². The summed E-state index contributed by atoms with van der Waals surface area (Å²) >= 11 is 1.44. The normalized spacial score (nSPS) is 10.9. The van der Waals surface area contributed by atoms with E-state index >= 15 is 0 Å². The third-order valence-electron chi connectivity index (χ3n) is 4.99. The number of hydrogen-bond donors (Lipinski definition) is 1. The Labute approximate surface area is 188 Å². The molecule has 0 spiro atoms. The summed E-state index contributed by atoms with van der Waals surface area (Å²) in [4.78, 5) is 31.0. The molecule has 0 saturated carbocycles. The van der Waals surface area contributed by atoms with Crippen LogP contribution in [0.4, 0.5) is 5.69 Å². The molecule has 6 nitrogen and oxygen atoms in total. The van der Waals surface area contributed by atoms with Gasteiger partial charge in [-0.3, -0.25) is 9.59 Å². The molecule has 0 radical (unpaired) electrons. The number of nitrogens with zero attached hydrogens (tertiary/aromatic N) is 3. The second-order valence-corrected chi connectivity index (χ2v) is 8.66. The first-order valence-electron chi connectivity index (χ1n) is 10.7. The number of unbranched alkanes of at least 4 members (excludes halogenated alkanes) is 3. The van der Waals surface area contributed by atoms with Gasteiger partial charge in [0.25, 0.3) is 5.91 Å². The molecule has 2 aromatic carbocycles. The highest BCUT2D eigenvalue weighted by atomic mass is 32.2. The predicted octanol–water partition coefficient (Wildman–Crippen LogP) is 5.05. The second-order valence-electron chi connectivity index (χ2n) is 7.71. The number of amides is 2. The number of aryl methyl sites for hydroxylation is 1. The van der Waals surface area contributed by atoms with Gasteiger partial charge in [0.2, 0.25) is 5.91 Å². The first-order valence-corrected chi connectivity index (χ1v) is 11.7. The fourth-order valence-electron chi connectivity index (χ4n) is 3.39. The van der Waals surface area contributed by atoms with Crippen molar-refractivity contribution in [1.29, 1.82) is 0 Å². The molecule has 0 atom stereocenters. The Morgan fingerprint density at radius 2 is 1.87 bits per heavy atom. The number of para-hydroxylation sites is 2. The Hall–Kier alpha value is -2.80. The summed E-state index contributed by atoms with van der Waals surface area (Å²) in [5, 5.41) is 3.76. The minimum absolute atomic E-state index is 0.0951. The van der Waals surface area contributed by atoms with Gasteiger partial charge in [-0.1, -0.05) is 56.1 Å². The lowest BCUT2D eigenvalue weighted by Crippen LogP contribution is -2.22. The highest BCUT2D eigenvalue weighted by Gasteiger charge is 2.14. The van der Waals surface area contributed by atoms with E-state index in [4.69, 9.17) is 4.98 Å². The molecule has 31 heavy (non-hydrogen) atoms. The molecule has 0 fully saturated rings. The average Bonchev–Trinajstić information content (AvgIpc) is 3.12. The summed E-state index contributed by atoms with van der Waals surface area (Å²) in [5.41, 5.74) is 3.23. The lowest BCUT2D eigenvalue weighted by Gasteiger charge is -2.12. The predicted molar refractivity (Wildman–Crippen MR) is 128 cm³/mol. The van der Waals surface area contributed by atoms with Crippen molar-refractivity contribution < 1.29 is 9.59 Å². The largest absolute Gasteiger partial charge is 0.345 e. The van der Waals surface area contributed by atoms with Gasteiger partial charge in [0.15, 0.2) is 5.16 Å². The van der Waals surface area contributed by atoms with Crippen LogP contribution in [0, 0.1) is 0 Å². The molecule has 7 heteroatoms. The third kappa shape index (κ3) is 6.10. The zero-order valence-electron chi connectivity index (χ0n) is 18.4. The van der Waals surface area contributed by atoms with Gasteiger partial charge in [-0.05, 0) is 36.8 Å². The van der Waals surface area contributed by atoms with Crippen molar-refractivity contribution in [3.63, 3.8) is 0 Å². The van der Waals surface area contributed by atoms with E-state index in [0.717, 1.165) is 29.2 Å². The molecule has 3 rings (SSSR count). The van der Waals surface area contributed by atoms with E-state index in [1.54, 1.807) is 38.4 Å². The van der Waals surface area contributed by atoms with E-state index in [1.807, 2.05) is 18.2 Å². The topological polar surface area (TPSA) is 67.2 Å². The molecule has 0 bridgehead atoms. The molecule has 1 heterocycles. The molecule has 0 aliphatic heterocycles. The minimum Gasteiger partial charge on any atom is -0.345 e. The molecule has 0 saturated heterocycles. The number of hydrogen-bond acceptors (Lipinski definition) is 4. The molecule has 0 aliphatic carbocycles. The zero-order chi connectivity index (χ0) is 22.2. The molecule has 1 aromatic heterocycles. The van der Waals surface area contributed by atoms with E-state index < -0.39 is 0 Å². The Kier molecular flexibility index (Phi) is 8.12. The number of rotatable bonds is 10. The van der Waals surface area contributed by atoms with Crippen LogP contribution < -0.4 is 5.32 Å². The molecule has 164 valence electrons. The fraction of sp³-hybridized carbons (Fsp3) is 0.375. The number of nitrogens with one attached hydrogen (secondary N) is 1. The van der Waals surface area contributed by atoms with E-state index in [1.165, 1.54) is 35.9 Å². The van der Waals surface area contributed by atoms with Crippen molar-refractivity contribution in [3.05, 3.63) is 54.1 Å². The molecule has 3 aromatic rings. The number of anilines is 1. The summed E-state index contributed by atoms with van der Waals surface area (Å²) in [7, 11) is 3.41. The highest BCUT2D eigenvalue weighted by Crippen LogP contribution is 2.25. The maximum Gasteiger partial charge on any atom is 0.253 e. The summed E-state index contributed by atoms with van der Waals surface area (Å²) in [6, 6.07) is 15.1. The first-order chi connectivity index (χ1) is 15.0. The van der Waals surface area contributed by atoms with E-state index in [9.17, 15) is 9.59 Å². The number of fused-ring (bicyclic) bond motifs is 1. The van der Waals surface area contributed by atoms with Crippen LogP contribution in [0.15, 0.2) is 53.7 Å². The first kappa shape index (κ1) is 22.9. The molecular formula is C24H30N4O2S. The minimum atomic E-state index is -0.121. The average molecular weight is 439 g/mol. The molecular weight excluding hydrogens is 408 g/mol. The Balaban J connectivity index is 1.66. The maximum absolute atomic E-state index is 12.6. The molecule has 2 amide bonds. The molecule has 1 N–H and O–H groups in total. The lowest BCUT2D eigenvalue weighted by molar-refractivity contribution is -0.113. The molecule has 0 unspecified atom stereocenters. The van der Waals surface area contributed by atoms with Crippen molar-refractivity contribution in [2.45, 2.75) is 44.3 Å². The van der Waals surface area contributed by atoms with E-state index in [2.05, 4.69) is 22.9 Å². The van der Waals surface area contributed by atoms with Gasteiger partial charge in [-0.25, -0.2) is 4.98 Å². The van der Waals surface area contributed by atoms with Crippen molar-refractivity contribution >= 4 is 40.3 Å². The quantitative estimate of drug-likeness (QED) is 0.355. The van der Waals surface area contributed by atoms with Crippen LogP contribution in [0.5, 0.6) is 0 Å². The number of aromatic nitrogens is 2. The SMILES string of the molecule is CCCCCCn1c(SCC(=O)Nc2cccc(C(=O)N(C)C)c2)nc2ccccc21. The summed E-state index contributed by atoms with van der Waals surface area (Å²) < 4.78 is 2.22. The van der Waals surface area contributed by atoms with Crippen LogP contribution in [0.3, 0.4) is 0 Å². The maximum atomic E-state index is 12.6. The van der Waals surface area contributed by atoms with Crippen LogP contribution in [0.1, 0.15) is 43.0 Å². The zero-order valence-corrected chi connectivity index (χ0v) is 19.2. The van der Waals surface area contributed by atoms with Gasteiger partial charge in [0.1, 0.15) is 0 Å². The van der Waals surface area contributed by atoms with E-state index in [-0.39, 0.29) is 17.6 Å². The second kappa shape index (κ2) is 11.0. The van der Waals surface area contributed by atoms with Crippen LogP contribution >= 0.6 is 11.8 Å². The fourth-order valence-corrected chi connectivity index (χ4v) is 4.23. The number of carbonyl (C=O) groups is 2. The van der Waals surface area contributed by atoms with Crippen LogP contribution in [-0.4, -0.2) is 46.1 Å². The smallest absolute Gasteiger partial charge is 0.253 e. The lowest BCUT2D eigenvalue weighted by atomic mass is 10.2. The molecule has 0 aliphatic rings. The van der Waals surface area contributed by atoms with Crippen LogP contribution in [0.25, 0.3) is 11.0 Å². The van der Waals surface area contributed by atoms with Gasteiger partial charge in [0.05, 0.1) is 16.8 Å². The highest BCUT2D eigenvalue weighted by molar-refractivity contribution is 7.99. The number of thioether (sulfide) groups is 1. The number of carbonyl (C=O) groups excluding carboxylic acids is 2. The van der Waals surface area contributed by atoms with Crippen molar-refractivity contribution in [3.8, 4) is 0 Å². The summed E-state index contributed by atoms with van der Waals surface area (Å²) in [6.45, 7) is 3.11. The van der Waals surface area contributed by atoms with E-state index in [0.29, 0.717) is 11.3 Å². The Morgan fingerprint density at radius 3 is 2.65 bits per heavy atom. The summed E-state index contributed by atoms with van der Waals surface area (Å²) in [5.74, 6) is 0.0377. The van der Waals surface area contributed by atoms with Gasteiger partial charge >= 0.3 is 0 Å². The van der Waals surface area contributed by atoms with Gasteiger partial charge in [-0.2, -0.15) is 0 Å². The monoisotopic (exact) mass is 438 g/mol. The Morgan fingerprint density at radius 1 is 1.06 bits per heavy atom. The van der Waals surface area contributed by atoms with Crippen molar-refractivity contribution in [1.82, 2.24) is 14.5 Å². The number of benzene rings is 2. The van der Waals surface area contributed by atoms with Crippen molar-refractivity contribution in [2.75, 3.05) is 25.2 Å². The summed E-state index contributed by atoms with van der Waals surface area (Å²) in [6.07, 6.45) is 4.72. The van der Waals surface area contributed by atoms with Gasteiger partial charge < -0.3 is 14.8 Å².